The first-order valence-corrected chi connectivity index (χ1v) is 13.4. The Labute approximate surface area is 250 Å². The van der Waals surface area contributed by atoms with E-state index in [1.807, 2.05) is 4.90 Å². The van der Waals surface area contributed by atoms with E-state index >= 15 is 0 Å². The van der Waals surface area contributed by atoms with Gasteiger partial charge in [0.2, 0.25) is 11.8 Å². The van der Waals surface area contributed by atoms with Crippen LogP contribution >= 0.6 is 0 Å². The molecule has 0 aliphatic carbocycles. The summed E-state index contributed by atoms with van der Waals surface area (Å²) in [5.41, 5.74) is 17.1. The number of aliphatic hydroxyl groups excluding tert-OH is 1. The molecule has 2 rings (SSSR count). The summed E-state index contributed by atoms with van der Waals surface area (Å²) in [6.07, 6.45) is -11.0. The average molecular weight is 635 g/mol. The molecule has 3 atom stereocenters. The van der Waals surface area contributed by atoms with Crippen molar-refractivity contribution in [2.45, 2.75) is 50.1 Å². The Hall–Kier alpha value is -3.86. The molecule has 0 saturated carbocycles. The molecule has 0 radical (unpaired) electrons. The lowest BCUT2D eigenvalue weighted by Crippen LogP contribution is -2.54. The summed E-state index contributed by atoms with van der Waals surface area (Å²) in [6.45, 7) is 5.38. The molecule has 9 N–H and O–H groups in total. The van der Waals surface area contributed by atoms with Crippen molar-refractivity contribution in [1.82, 2.24) is 15.5 Å². The van der Waals surface area contributed by atoms with Crippen LogP contribution in [0, 0.1) is 0 Å². The number of aliphatic hydroxyl groups is 1. The molecule has 244 valence electrons. The highest BCUT2D eigenvalue weighted by atomic mass is 19.4. The quantitative estimate of drug-likeness (QED) is 0.153. The number of halogens is 6. The number of nitrogens with two attached hydrogens (primary N) is 3. The van der Waals surface area contributed by atoms with Gasteiger partial charge < -0.3 is 42.6 Å². The Morgan fingerprint density at radius 1 is 0.932 bits per heavy atom. The Kier molecular flexibility index (Phi) is 13.4. The highest BCUT2D eigenvalue weighted by molar-refractivity contribution is 5.90. The summed E-state index contributed by atoms with van der Waals surface area (Å²) in [5.74, 6) is -2.25. The topological polar surface area (TPSA) is 169 Å². The molecule has 2 amide bonds. The molecule has 2 aromatic carbocycles. The van der Waals surface area contributed by atoms with Crippen molar-refractivity contribution in [2.75, 3.05) is 26.2 Å². The van der Waals surface area contributed by atoms with Gasteiger partial charge in [0.1, 0.15) is 17.9 Å². The summed E-state index contributed by atoms with van der Waals surface area (Å²) in [6, 6.07) is 5.05. The number of ether oxygens (including phenoxy) is 1. The third-order valence-corrected chi connectivity index (χ3v) is 6.43. The second kappa shape index (κ2) is 16.3. The van der Waals surface area contributed by atoms with Crippen LogP contribution in [-0.2, 0) is 22.3 Å². The van der Waals surface area contributed by atoms with Gasteiger partial charge in [0.15, 0.2) is 0 Å². The van der Waals surface area contributed by atoms with Crippen molar-refractivity contribution in [1.29, 1.82) is 0 Å². The van der Waals surface area contributed by atoms with Crippen LogP contribution in [0.25, 0.3) is 0 Å². The van der Waals surface area contributed by atoms with Crippen molar-refractivity contribution in [3.05, 3.63) is 77.5 Å². The van der Waals surface area contributed by atoms with Crippen LogP contribution in [0.1, 0.15) is 35.6 Å². The smallest absolute Gasteiger partial charge is 0.406 e. The van der Waals surface area contributed by atoms with Gasteiger partial charge in [-0.05, 0) is 48.2 Å². The summed E-state index contributed by atoms with van der Waals surface area (Å²) >= 11 is 0. The van der Waals surface area contributed by atoms with Crippen LogP contribution in [0.4, 0.5) is 26.3 Å². The molecule has 0 heterocycles. The molecule has 10 nitrogen and oxygen atoms in total. The Balaban J connectivity index is 2.17. The van der Waals surface area contributed by atoms with E-state index in [1.54, 1.807) is 0 Å². The van der Waals surface area contributed by atoms with Crippen molar-refractivity contribution >= 4 is 11.8 Å². The average Bonchev–Trinajstić information content (AvgIpc) is 2.96. The SMILES string of the molecule is C=C(CCC(N)C(=O)NC(C(=O)NCc1ccc(OC(F)(F)F)cc1)[C@H](O)c1ccc(C(F)(F)F)cc1)N(CCN)CCN. The lowest BCUT2D eigenvalue weighted by Gasteiger charge is -2.27. The maximum atomic E-state index is 13.1. The number of allylic oxidation sites excluding steroid dienone is 1. The molecule has 0 saturated heterocycles. The number of hydrogen-bond acceptors (Lipinski definition) is 8. The maximum Gasteiger partial charge on any atom is 0.573 e. The van der Waals surface area contributed by atoms with Crippen molar-refractivity contribution in [3.8, 4) is 5.75 Å². The first-order valence-electron chi connectivity index (χ1n) is 13.4. The van der Waals surface area contributed by atoms with E-state index in [4.69, 9.17) is 17.2 Å². The fourth-order valence-electron chi connectivity index (χ4n) is 4.07. The van der Waals surface area contributed by atoms with Crippen LogP contribution in [0.5, 0.6) is 5.75 Å². The third kappa shape index (κ3) is 11.7. The summed E-state index contributed by atoms with van der Waals surface area (Å²) in [5, 5.41) is 15.8. The van der Waals surface area contributed by atoms with E-state index in [2.05, 4.69) is 21.9 Å². The lowest BCUT2D eigenvalue weighted by molar-refractivity contribution is -0.274. The zero-order valence-corrected chi connectivity index (χ0v) is 23.6. The second-order valence-electron chi connectivity index (χ2n) is 9.74. The van der Waals surface area contributed by atoms with Gasteiger partial charge in [-0.3, -0.25) is 9.59 Å². The van der Waals surface area contributed by atoms with E-state index < -0.39 is 53.9 Å². The minimum Gasteiger partial charge on any atom is -0.406 e. The zero-order valence-electron chi connectivity index (χ0n) is 23.6. The predicted molar refractivity (Wildman–Crippen MR) is 149 cm³/mol. The van der Waals surface area contributed by atoms with Gasteiger partial charge in [-0.25, -0.2) is 0 Å². The lowest BCUT2D eigenvalue weighted by atomic mass is 9.99. The number of nitrogens with one attached hydrogen (secondary N) is 2. The van der Waals surface area contributed by atoms with Crippen molar-refractivity contribution in [3.63, 3.8) is 0 Å². The molecule has 2 aromatic rings. The number of hydrogen-bond donors (Lipinski definition) is 6. The minimum atomic E-state index is -4.89. The van der Waals surface area contributed by atoms with Crippen molar-refractivity contribution in [2.24, 2.45) is 17.2 Å². The molecule has 0 spiro atoms. The molecule has 0 aliphatic rings. The molecule has 2 unspecified atom stereocenters. The number of carbonyl (C=O) groups excluding carboxylic acids is 2. The van der Waals surface area contributed by atoms with Gasteiger partial charge >= 0.3 is 12.5 Å². The highest BCUT2D eigenvalue weighted by Crippen LogP contribution is 2.30. The van der Waals surface area contributed by atoms with Gasteiger partial charge in [0.05, 0.1) is 11.6 Å². The molecular formula is C28H36F6N6O4. The van der Waals surface area contributed by atoms with Gasteiger partial charge in [-0.2, -0.15) is 13.2 Å². The molecule has 44 heavy (non-hydrogen) atoms. The third-order valence-electron chi connectivity index (χ3n) is 6.43. The predicted octanol–water partition coefficient (Wildman–Crippen LogP) is 2.28. The molecule has 16 heteroatoms. The first kappa shape index (κ1) is 36.3. The van der Waals surface area contributed by atoms with Crippen LogP contribution in [0.15, 0.2) is 60.8 Å². The van der Waals surface area contributed by atoms with Crippen LogP contribution in [0.3, 0.4) is 0 Å². The Bertz CT molecular complexity index is 1220. The monoisotopic (exact) mass is 634 g/mol. The first-order chi connectivity index (χ1) is 20.6. The number of nitrogens with zero attached hydrogens (tertiary/aromatic N) is 1. The number of carbonyl (C=O) groups is 2. The molecular weight excluding hydrogens is 598 g/mol. The highest BCUT2D eigenvalue weighted by Gasteiger charge is 2.34. The van der Waals surface area contributed by atoms with Crippen molar-refractivity contribution < 1.29 is 45.8 Å². The van der Waals surface area contributed by atoms with Crippen LogP contribution in [-0.4, -0.2) is 66.4 Å². The van der Waals surface area contributed by atoms with Crippen LogP contribution < -0.4 is 32.6 Å². The number of alkyl halides is 6. The van der Waals surface area contributed by atoms with Gasteiger partial charge in [0.25, 0.3) is 0 Å². The summed E-state index contributed by atoms with van der Waals surface area (Å²) in [4.78, 5) is 28.0. The van der Waals surface area contributed by atoms with E-state index in [9.17, 15) is 41.0 Å². The van der Waals surface area contributed by atoms with Gasteiger partial charge in [-0.1, -0.05) is 30.8 Å². The number of rotatable bonds is 16. The molecule has 0 aliphatic heterocycles. The van der Waals surface area contributed by atoms with Gasteiger partial charge in [0, 0.05) is 38.4 Å². The largest absolute Gasteiger partial charge is 0.573 e. The standard InChI is InChI=1S/C28H36F6N6O4/c1-17(40(14-12-35)15-13-36)2-11-22(37)25(42)39-23(24(41)19-5-7-20(8-6-19)27(29,30)31)26(43)38-16-18-3-9-21(10-4-18)44-28(32,33)34/h3-10,22-24,41H,1-2,11-16,35-37H2,(H,38,43)(H,39,42)/t22?,23?,24-/m1/s1. The Morgan fingerprint density at radius 3 is 2.00 bits per heavy atom. The number of benzene rings is 2. The van der Waals surface area contributed by atoms with E-state index in [1.165, 1.54) is 12.1 Å². The number of amides is 2. The molecule has 0 aromatic heterocycles. The molecule has 0 fully saturated rings. The van der Waals surface area contributed by atoms with Gasteiger partial charge in [-0.15, -0.1) is 13.2 Å². The fourth-order valence-corrected chi connectivity index (χ4v) is 4.07. The maximum absolute atomic E-state index is 13.1. The second-order valence-corrected chi connectivity index (χ2v) is 9.74. The van der Waals surface area contributed by atoms with Crippen LogP contribution in [0.2, 0.25) is 0 Å². The zero-order chi connectivity index (χ0) is 33.1. The van der Waals surface area contributed by atoms with E-state index in [-0.39, 0.29) is 24.9 Å². The Morgan fingerprint density at radius 2 is 1.50 bits per heavy atom. The minimum absolute atomic E-state index is 0.0906. The van der Waals surface area contributed by atoms with E-state index in [0.717, 1.165) is 24.3 Å². The summed E-state index contributed by atoms with van der Waals surface area (Å²) < 4.78 is 80.1. The fraction of sp³-hybridized carbons (Fsp3) is 0.429. The van der Waals surface area contributed by atoms with E-state index in [0.29, 0.717) is 49.6 Å². The normalized spacial score (nSPS) is 13.9. The summed E-state index contributed by atoms with van der Waals surface area (Å²) in [7, 11) is 0. The molecule has 0 bridgehead atoms.